The molecule has 0 saturated heterocycles. The third-order valence-electron chi connectivity index (χ3n) is 11.2. The van der Waals surface area contributed by atoms with Gasteiger partial charge >= 0.3 is 358 Å². The summed E-state index contributed by atoms with van der Waals surface area (Å²) in [5.74, 6) is 0. The van der Waals surface area contributed by atoms with Crippen LogP contribution in [0.15, 0.2) is 183 Å². The maximum absolute atomic E-state index is 4.41. The Morgan fingerprint density at radius 2 is 0.707 bits per heavy atom. The molecule has 0 spiro atoms. The van der Waals surface area contributed by atoms with Crippen LogP contribution in [0.2, 0.25) is 0 Å². The van der Waals surface area contributed by atoms with Crippen molar-refractivity contribution >= 4 is 136 Å². The van der Waals surface area contributed by atoms with E-state index in [9.17, 15) is 0 Å². The SMILES string of the molecule is c1ccc2c3c([te]c2c1)N(c1ccncc1)B(c1ccc2cc(B4N(c5ccncc5)c5[te]c6ccccc6c5N4c4ccncc4)ccc2c1)N3c1ccncc1. The zero-order chi connectivity index (χ0) is 38.2. The number of nitrogens with zero attached hydrogens (tertiary/aromatic N) is 8. The van der Waals surface area contributed by atoms with E-state index < -0.39 is 40.9 Å². The number of hydrogen-bond acceptors (Lipinski definition) is 8. The second-order valence-electron chi connectivity index (χ2n) is 14.4. The second-order valence-corrected chi connectivity index (χ2v) is 20.3. The van der Waals surface area contributed by atoms with Crippen LogP contribution in [0, 0.1) is 0 Å². The molecule has 0 N–H and O–H groups in total. The van der Waals surface area contributed by atoms with Crippen LogP contribution in [0.5, 0.6) is 0 Å². The molecular weight excluding hydrogens is 941 g/mol. The topological polar surface area (TPSA) is 64.5 Å². The van der Waals surface area contributed by atoms with Gasteiger partial charge in [0.15, 0.2) is 0 Å². The Balaban J connectivity index is 1.02. The summed E-state index contributed by atoms with van der Waals surface area (Å²) >= 11 is -1.33. The number of anilines is 8. The average molecular weight is 972 g/mol. The number of pyridine rings is 4. The van der Waals surface area contributed by atoms with E-state index in [0.717, 1.165) is 22.7 Å². The number of hydrogen-bond donors (Lipinski definition) is 0. The summed E-state index contributed by atoms with van der Waals surface area (Å²) in [5, 5.41) is 5.09. The third kappa shape index (κ3) is 5.37. The van der Waals surface area contributed by atoms with E-state index >= 15 is 0 Å². The summed E-state index contributed by atoms with van der Waals surface area (Å²) in [6, 6.07) is 49.2. The van der Waals surface area contributed by atoms with Gasteiger partial charge in [-0.1, -0.05) is 0 Å². The molecule has 4 aromatic carbocycles. The van der Waals surface area contributed by atoms with Crippen LogP contribution < -0.4 is 30.2 Å². The predicted molar refractivity (Wildman–Crippen MR) is 242 cm³/mol. The van der Waals surface area contributed by atoms with Crippen molar-refractivity contribution in [2.75, 3.05) is 19.2 Å². The summed E-state index contributed by atoms with van der Waals surface area (Å²) in [5.41, 5.74) is 9.63. The van der Waals surface area contributed by atoms with Crippen LogP contribution in [-0.4, -0.2) is 74.8 Å². The van der Waals surface area contributed by atoms with Gasteiger partial charge in [-0.2, -0.15) is 0 Å². The number of rotatable bonds is 6. The van der Waals surface area contributed by atoms with Crippen molar-refractivity contribution in [3.8, 4) is 0 Å². The standard InChI is InChI=1S/C46H30B2N8Te2/c1-3-7-41-39(5-1)43-45(57-41)55(37-17-25-51-26-18-37)47(53(43)35-13-21-49-22-14-35)33-11-9-32-30-34(12-10-31(32)29-33)48-54(36-15-23-50-24-16-36)44-40-6-2-4-8-42(40)58-46(44)56(48)38-19-27-52-28-20-38/h1-30H. The molecule has 58 heavy (non-hydrogen) atoms. The fourth-order valence-corrected chi connectivity index (χ4v) is 15.9. The molecule has 2 aliphatic heterocycles. The van der Waals surface area contributed by atoms with Gasteiger partial charge in [-0.05, 0) is 0 Å². The Kier molecular flexibility index (Phi) is 8.20. The molecular formula is C46H30B2N8Te2. The number of benzene rings is 4. The Labute approximate surface area is 355 Å². The first-order valence-corrected chi connectivity index (χ1v) is 23.8. The zero-order valence-corrected chi connectivity index (χ0v) is 35.5. The molecule has 8 nitrogen and oxygen atoms in total. The Bertz CT molecular complexity index is 2920. The Morgan fingerprint density at radius 3 is 1.09 bits per heavy atom. The molecule has 6 aromatic heterocycles. The molecule has 0 atom stereocenters. The Morgan fingerprint density at radius 1 is 0.362 bits per heavy atom. The molecule has 0 fully saturated rings. The van der Waals surface area contributed by atoms with Gasteiger partial charge in [0.2, 0.25) is 0 Å². The molecule has 0 unspecified atom stereocenters. The summed E-state index contributed by atoms with van der Waals surface area (Å²) in [4.78, 5) is 27.9. The minimum atomic E-state index is -0.665. The number of fused-ring (bicyclic) bond motifs is 7. The van der Waals surface area contributed by atoms with Crippen molar-refractivity contribution in [1.82, 2.24) is 19.9 Å². The van der Waals surface area contributed by atoms with E-state index in [1.807, 2.05) is 49.6 Å². The van der Waals surface area contributed by atoms with E-state index in [2.05, 4.69) is 173 Å². The molecule has 0 radical (unpaired) electrons. The van der Waals surface area contributed by atoms with Gasteiger partial charge in [0.25, 0.3) is 0 Å². The molecule has 10 aromatic rings. The van der Waals surface area contributed by atoms with E-state index in [-0.39, 0.29) is 14.0 Å². The Hall–Kier alpha value is -5.87. The monoisotopic (exact) mass is 976 g/mol. The fourth-order valence-electron chi connectivity index (χ4n) is 8.80. The summed E-state index contributed by atoms with van der Waals surface area (Å²) < 4.78 is 5.80. The zero-order valence-electron chi connectivity index (χ0n) is 30.9. The van der Waals surface area contributed by atoms with E-state index in [1.165, 1.54) is 58.1 Å². The van der Waals surface area contributed by atoms with Gasteiger partial charge < -0.3 is 0 Å². The van der Waals surface area contributed by atoms with Gasteiger partial charge in [-0.25, -0.2) is 0 Å². The quantitative estimate of drug-likeness (QED) is 0.155. The molecule has 0 aliphatic carbocycles. The van der Waals surface area contributed by atoms with E-state index in [1.54, 1.807) is 0 Å². The summed E-state index contributed by atoms with van der Waals surface area (Å²) in [6.45, 7) is -0.179. The van der Waals surface area contributed by atoms with Crippen LogP contribution in [0.1, 0.15) is 0 Å². The van der Waals surface area contributed by atoms with Crippen LogP contribution in [0.25, 0.3) is 28.3 Å². The van der Waals surface area contributed by atoms with Crippen LogP contribution >= 0.6 is 0 Å². The van der Waals surface area contributed by atoms with Crippen molar-refractivity contribution in [2.24, 2.45) is 0 Å². The van der Waals surface area contributed by atoms with Gasteiger partial charge in [0.05, 0.1) is 0 Å². The molecule has 0 amide bonds. The second kappa shape index (κ2) is 13.9. The molecule has 0 bridgehead atoms. The normalized spacial score (nSPS) is 13.7. The van der Waals surface area contributed by atoms with Crippen molar-refractivity contribution in [1.29, 1.82) is 0 Å². The van der Waals surface area contributed by atoms with Crippen molar-refractivity contribution in [3.63, 3.8) is 0 Å². The first kappa shape index (κ1) is 34.2. The van der Waals surface area contributed by atoms with Gasteiger partial charge in [-0.15, -0.1) is 0 Å². The molecule has 8 heterocycles. The van der Waals surface area contributed by atoms with Crippen LogP contribution in [0.3, 0.4) is 0 Å². The van der Waals surface area contributed by atoms with Gasteiger partial charge in [-0.3, -0.25) is 0 Å². The number of aromatic nitrogens is 4. The van der Waals surface area contributed by atoms with Gasteiger partial charge in [0.1, 0.15) is 0 Å². The van der Waals surface area contributed by atoms with E-state index in [0.29, 0.717) is 0 Å². The average Bonchev–Trinajstić information content (AvgIpc) is 4.04. The molecule has 0 saturated carbocycles. The fraction of sp³-hybridized carbons (Fsp3) is 0. The predicted octanol–water partition coefficient (Wildman–Crippen LogP) is 8.21. The minimum absolute atomic E-state index is 0.0894. The molecule has 12 heteroatoms. The maximum atomic E-state index is 4.41. The molecule has 12 rings (SSSR count). The third-order valence-corrected chi connectivity index (χ3v) is 17.9. The summed E-state index contributed by atoms with van der Waals surface area (Å²) in [6.07, 6.45) is 15.2. The van der Waals surface area contributed by atoms with Gasteiger partial charge in [0, 0.05) is 0 Å². The van der Waals surface area contributed by atoms with E-state index in [4.69, 9.17) is 0 Å². The van der Waals surface area contributed by atoms with Crippen molar-refractivity contribution in [3.05, 3.63) is 183 Å². The van der Waals surface area contributed by atoms with Crippen LogP contribution in [-0.2, 0) is 0 Å². The first-order valence-electron chi connectivity index (χ1n) is 19.1. The van der Waals surface area contributed by atoms with Crippen molar-refractivity contribution < 1.29 is 0 Å². The first-order chi connectivity index (χ1) is 28.8. The van der Waals surface area contributed by atoms with Crippen molar-refractivity contribution in [2.45, 2.75) is 0 Å². The molecule has 272 valence electrons. The van der Waals surface area contributed by atoms with Crippen LogP contribution in [0.4, 0.5) is 41.5 Å². The molecule has 2 aliphatic rings. The summed E-state index contributed by atoms with van der Waals surface area (Å²) in [7, 11) is 0.